The number of aryl methyl sites for hydroxylation is 1. The summed E-state index contributed by atoms with van der Waals surface area (Å²) in [6.45, 7) is 3.74. The molecule has 1 aliphatic carbocycles. The van der Waals surface area contributed by atoms with E-state index in [-0.39, 0.29) is 12.3 Å². The second kappa shape index (κ2) is 5.95. The van der Waals surface area contributed by atoms with Crippen LogP contribution >= 0.6 is 11.3 Å². The van der Waals surface area contributed by atoms with Gasteiger partial charge in [-0.25, -0.2) is 0 Å². The molecule has 0 atom stereocenters. The van der Waals surface area contributed by atoms with E-state index in [9.17, 15) is 9.59 Å². The molecule has 2 rings (SSSR count). The molecule has 0 unspecified atom stereocenters. The summed E-state index contributed by atoms with van der Waals surface area (Å²) in [7, 11) is 0. The first-order chi connectivity index (χ1) is 9.39. The van der Waals surface area contributed by atoms with Crippen LogP contribution in [0.5, 0.6) is 0 Å². The number of carboxylic acid groups (broad SMARTS) is 1. The third-order valence-electron chi connectivity index (χ3n) is 3.72. The van der Waals surface area contributed by atoms with Crippen LogP contribution in [0.1, 0.15) is 60.3 Å². The standard InChI is InChI=1S/C15H21NO3S/c1-15(2,8-7-13(17)18)16-14(19)11-9-20-12-6-4-3-5-10(11)12/h9H,3-8H2,1-2H3,(H,16,19)(H,17,18). The second-order valence-corrected chi connectivity index (χ2v) is 6.95. The molecule has 5 heteroatoms. The van der Waals surface area contributed by atoms with Gasteiger partial charge in [-0.1, -0.05) is 0 Å². The summed E-state index contributed by atoms with van der Waals surface area (Å²) in [4.78, 5) is 24.4. The second-order valence-electron chi connectivity index (χ2n) is 5.99. The molecule has 1 aromatic heterocycles. The molecule has 20 heavy (non-hydrogen) atoms. The predicted octanol–water partition coefficient (Wildman–Crippen LogP) is 3.00. The number of thiophene rings is 1. The molecule has 110 valence electrons. The van der Waals surface area contributed by atoms with Crippen molar-refractivity contribution >= 4 is 23.2 Å². The Hall–Kier alpha value is -1.36. The lowest BCUT2D eigenvalue weighted by Gasteiger charge is -2.26. The van der Waals surface area contributed by atoms with Gasteiger partial charge in [0.2, 0.25) is 0 Å². The van der Waals surface area contributed by atoms with Crippen LogP contribution in [0.2, 0.25) is 0 Å². The Morgan fingerprint density at radius 3 is 2.75 bits per heavy atom. The number of aliphatic carboxylic acids is 1. The zero-order valence-electron chi connectivity index (χ0n) is 12.0. The van der Waals surface area contributed by atoms with Crippen LogP contribution in [-0.2, 0) is 17.6 Å². The van der Waals surface area contributed by atoms with Gasteiger partial charge in [-0.05, 0) is 51.5 Å². The highest BCUT2D eigenvalue weighted by molar-refractivity contribution is 7.10. The summed E-state index contributed by atoms with van der Waals surface area (Å²) in [5, 5.41) is 13.7. The fourth-order valence-corrected chi connectivity index (χ4v) is 3.67. The monoisotopic (exact) mass is 295 g/mol. The number of carbonyl (C=O) groups is 2. The normalized spacial score (nSPS) is 14.7. The van der Waals surface area contributed by atoms with Crippen LogP contribution < -0.4 is 5.32 Å². The maximum absolute atomic E-state index is 12.4. The highest BCUT2D eigenvalue weighted by Crippen LogP contribution is 2.30. The molecular formula is C15H21NO3S. The summed E-state index contributed by atoms with van der Waals surface area (Å²) < 4.78 is 0. The van der Waals surface area contributed by atoms with E-state index in [4.69, 9.17) is 5.11 Å². The molecule has 1 aromatic rings. The van der Waals surface area contributed by atoms with Gasteiger partial charge >= 0.3 is 5.97 Å². The minimum atomic E-state index is -0.833. The third-order valence-corrected chi connectivity index (χ3v) is 4.81. The van der Waals surface area contributed by atoms with Crippen LogP contribution in [-0.4, -0.2) is 22.5 Å². The Labute approximate surface area is 123 Å². The van der Waals surface area contributed by atoms with Crippen molar-refractivity contribution in [3.63, 3.8) is 0 Å². The summed E-state index contributed by atoms with van der Waals surface area (Å²) in [5.41, 5.74) is 1.49. The summed E-state index contributed by atoms with van der Waals surface area (Å²) in [6.07, 6.45) is 4.91. The number of amides is 1. The van der Waals surface area contributed by atoms with Gasteiger partial charge in [0.1, 0.15) is 0 Å². The van der Waals surface area contributed by atoms with Crippen LogP contribution in [0, 0.1) is 0 Å². The highest BCUT2D eigenvalue weighted by Gasteiger charge is 2.25. The largest absolute Gasteiger partial charge is 0.481 e. The molecule has 0 aromatic carbocycles. The molecule has 0 spiro atoms. The molecular weight excluding hydrogens is 274 g/mol. The fourth-order valence-electron chi connectivity index (χ4n) is 2.54. The highest BCUT2D eigenvalue weighted by atomic mass is 32.1. The van der Waals surface area contributed by atoms with E-state index in [1.165, 1.54) is 16.9 Å². The summed E-state index contributed by atoms with van der Waals surface area (Å²) in [6, 6.07) is 0. The number of rotatable bonds is 5. The summed E-state index contributed by atoms with van der Waals surface area (Å²) >= 11 is 1.67. The van der Waals surface area contributed by atoms with E-state index in [1.807, 2.05) is 19.2 Å². The van der Waals surface area contributed by atoms with E-state index < -0.39 is 11.5 Å². The van der Waals surface area contributed by atoms with Crippen LogP contribution in [0.3, 0.4) is 0 Å². The van der Waals surface area contributed by atoms with E-state index >= 15 is 0 Å². The van der Waals surface area contributed by atoms with Crippen molar-refractivity contribution in [2.45, 2.75) is 57.9 Å². The zero-order chi connectivity index (χ0) is 14.8. The third kappa shape index (κ3) is 3.60. The predicted molar refractivity (Wildman–Crippen MR) is 79.4 cm³/mol. The topological polar surface area (TPSA) is 66.4 Å². The average molecular weight is 295 g/mol. The van der Waals surface area contributed by atoms with Gasteiger partial charge in [-0.2, -0.15) is 0 Å². The Bertz CT molecular complexity index is 519. The average Bonchev–Trinajstić information content (AvgIpc) is 2.80. The lowest BCUT2D eigenvalue weighted by atomic mass is 9.94. The first kappa shape index (κ1) is 15.0. The summed E-state index contributed by atoms with van der Waals surface area (Å²) in [5.74, 6) is -0.903. The van der Waals surface area contributed by atoms with Gasteiger partial charge < -0.3 is 10.4 Å². The molecule has 1 amide bonds. The van der Waals surface area contributed by atoms with Crippen molar-refractivity contribution in [2.75, 3.05) is 0 Å². The Morgan fingerprint density at radius 1 is 1.35 bits per heavy atom. The number of fused-ring (bicyclic) bond motifs is 1. The molecule has 1 aliphatic rings. The lowest BCUT2D eigenvalue weighted by Crippen LogP contribution is -2.43. The van der Waals surface area contributed by atoms with Crippen molar-refractivity contribution in [1.29, 1.82) is 0 Å². The first-order valence-electron chi connectivity index (χ1n) is 7.02. The van der Waals surface area contributed by atoms with Gasteiger partial charge in [0.15, 0.2) is 0 Å². The van der Waals surface area contributed by atoms with Gasteiger partial charge in [0.05, 0.1) is 5.56 Å². The van der Waals surface area contributed by atoms with Gasteiger partial charge in [-0.3, -0.25) is 9.59 Å². The van der Waals surface area contributed by atoms with Gasteiger partial charge in [0, 0.05) is 22.2 Å². The molecule has 0 radical (unpaired) electrons. The minimum absolute atomic E-state index is 0.0645. The molecule has 2 N–H and O–H groups in total. The first-order valence-corrected chi connectivity index (χ1v) is 7.90. The lowest BCUT2D eigenvalue weighted by molar-refractivity contribution is -0.137. The Kier molecular flexibility index (Phi) is 4.48. The molecule has 0 fully saturated rings. The van der Waals surface area contributed by atoms with Crippen molar-refractivity contribution < 1.29 is 14.7 Å². The zero-order valence-corrected chi connectivity index (χ0v) is 12.8. The van der Waals surface area contributed by atoms with Crippen LogP contribution in [0.4, 0.5) is 0 Å². The fraction of sp³-hybridized carbons (Fsp3) is 0.600. The quantitative estimate of drug-likeness (QED) is 0.877. The molecule has 0 saturated carbocycles. The molecule has 0 aliphatic heterocycles. The molecule has 0 saturated heterocycles. The van der Waals surface area contributed by atoms with Crippen molar-refractivity contribution in [1.82, 2.24) is 5.32 Å². The minimum Gasteiger partial charge on any atom is -0.481 e. The Morgan fingerprint density at radius 2 is 2.05 bits per heavy atom. The van der Waals surface area contributed by atoms with Crippen molar-refractivity contribution in [2.24, 2.45) is 0 Å². The SMILES string of the molecule is CC(C)(CCC(=O)O)NC(=O)c1csc2c1CCCC2. The molecule has 1 heterocycles. The van der Waals surface area contributed by atoms with E-state index in [0.717, 1.165) is 24.8 Å². The Balaban J connectivity index is 2.04. The van der Waals surface area contributed by atoms with Crippen LogP contribution in [0.15, 0.2) is 5.38 Å². The molecule has 4 nitrogen and oxygen atoms in total. The number of nitrogens with one attached hydrogen (secondary N) is 1. The number of carbonyl (C=O) groups excluding carboxylic acids is 1. The van der Waals surface area contributed by atoms with E-state index in [1.54, 1.807) is 11.3 Å². The maximum Gasteiger partial charge on any atom is 0.303 e. The maximum atomic E-state index is 12.4. The van der Waals surface area contributed by atoms with Crippen molar-refractivity contribution in [3.05, 3.63) is 21.4 Å². The van der Waals surface area contributed by atoms with Gasteiger partial charge in [0.25, 0.3) is 5.91 Å². The van der Waals surface area contributed by atoms with E-state index in [2.05, 4.69) is 5.32 Å². The van der Waals surface area contributed by atoms with Crippen LogP contribution in [0.25, 0.3) is 0 Å². The van der Waals surface area contributed by atoms with E-state index in [0.29, 0.717) is 6.42 Å². The number of hydrogen-bond acceptors (Lipinski definition) is 3. The number of carboxylic acids is 1. The number of hydrogen-bond donors (Lipinski definition) is 2. The van der Waals surface area contributed by atoms with Crippen molar-refractivity contribution in [3.8, 4) is 0 Å². The molecule has 0 bridgehead atoms. The van der Waals surface area contributed by atoms with Gasteiger partial charge in [-0.15, -0.1) is 11.3 Å². The smallest absolute Gasteiger partial charge is 0.303 e.